The van der Waals surface area contributed by atoms with E-state index in [9.17, 15) is 0 Å². The van der Waals surface area contributed by atoms with Crippen LogP contribution in [-0.4, -0.2) is 51.9 Å². The van der Waals surface area contributed by atoms with E-state index in [-0.39, 0.29) is 0 Å². The minimum atomic E-state index is 0.659. The second kappa shape index (κ2) is 5.53. The van der Waals surface area contributed by atoms with Crippen molar-refractivity contribution in [2.75, 3.05) is 31.6 Å². The normalized spacial score (nSPS) is 10.9. The first kappa shape index (κ1) is 11.7. The van der Waals surface area contributed by atoms with Gasteiger partial charge in [0.05, 0.1) is 0 Å². The van der Waals surface area contributed by atoms with Gasteiger partial charge in [0.1, 0.15) is 0 Å². The van der Waals surface area contributed by atoms with Gasteiger partial charge >= 0.3 is 0 Å². The van der Waals surface area contributed by atoms with E-state index in [4.69, 9.17) is 0 Å². The molecule has 2 aromatic heterocycles. The first-order valence-electron chi connectivity index (χ1n) is 5.78. The molecule has 0 aromatic carbocycles. The molecule has 0 aliphatic heterocycles. The summed E-state index contributed by atoms with van der Waals surface area (Å²) in [5, 5.41) is 18.8. The fourth-order valence-corrected chi connectivity index (χ4v) is 1.51. The van der Waals surface area contributed by atoms with Gasteiger partial charge in [-0.2, -0.15) is 0 Å². The Balaban J connectivity index is 1.95. The lowest BCUT2D eigenvalue weighted by atomic mass is 10.4. The van der Waals surface area contributed by atoms with E-state index in [1.165, 1.54) is 4.63 Å². The smallest absolute Gasteiger partial charge is 0.200 e. The maximum Gasteiger partial charge on any atom is 0.200 e. The second-order valence-electron chi connectivity index (χ2n) is 3.89. The summed E-state index contributed by atoms with van der Waals surface area (Å²) in [4.78, 5) is 2.07. The molecule has 2 rings (SSSR count). The second-order valence-corrected chi connectivity index (χ2v) is 3.89. The Morgan fingerprint density at radius 1 is 1.35 bits per heavy atom. The van der Waals surface area contributed by atoms with Gasteiger partial charge in [0.2, 0.25) is 0 Å². The van der Waals surface area contributed by atoms with E-state index in [0.29, 0.717) is 5.65 Å². The number of nitrogens with zero attached hydrogens (tertiary/aromatic N) is 6. The molecule has 1 N–H and O–H groups in total. The average Bonchev–Trinajstić information content (AvgIpc) is 2.81. The van der Waals surface area contributed by atoms with E-state index in [1.807, 2.05) is 19.2 Å². The number of nitrogens with one attached hydrogen (secondary N) is 1. The Bertz CT molecular complexity index is 466. The minimum Gasteiger partial charge on any atom is -0.357 e. The summed E-state index contributed by atoms with van der Waals surface area (Å²) in [6.07, 6.45) is 1.15. The predicted molar refractivity (Wildman–Crippen MR) is 65.0 cm³/mol. The molecule has 0 saturated carbocycles. The number of likely N-dealkylation sites (N-methyl/N-ethyl adjacent to an activating group) is 1. The van der Waals surface area contributed by atoms with E-state index < -0.39 is 0 Å². The van der Waals surface area contributed by atoms with Crippen molar-refractivity contribution in [3.05, 3.63) is 12.1 Å². The van der Waals surface area contributed by atoms with Gasteiger partial charge in [-0.05, 0) is 35.5 Å². The van der Waals surface area contributed by atoms with Gasteiger partial charge in [0, 0.05) is 20.1 Å². The van der Waals surface area contributed by atoms with Gasteiger partial charge in [0.15, 0.2) is 11.5 Å². The highest BCUT2D eigenvalue weighted by Gasteiger charge is 2.04. The van der Waals surface area contributed by atoms with Crippen molar-refractivity contribution < 1.29 is 0 Å². The summed E-state index contributed by atoms with van der Waals surface area (Å²) in [5.74, 6) is 0.864. The Morgan fingerprint density at radius 2 is 2.24 bits per heavy atom. The van der Waals surface area contributed by atoms with Crippen LogP contribution in [0, 0.1) is 0 Å². The van der Waals surface area contributed by atoms with Gasteiger partial charge in [-0.25, -0.2) is 0 Å². The van der Waals surface area contributed by atoms with Crippen molar-refractivity contribution in [1.29, 1.82) is 0 Å². The van der Waals surface area contributed by atoms with Gasteiger partial charge in [-0.3, -0.25) is 0 Å². The van der Waals surface area contributed by atoms with Gasteiger partial charge < -0.3 is 10.2 Å². The summed E-state index contributed by atoms with van der Waals surface area (Å²) in [6, 6.07) is 3.78. The maximum atomic E-state index is 4.31. The Morgan fingerprint density at radius 3 is 3.06 bits per heavy atom. The summed E-state index contributed by atoms with van der Waals surface area (Å²) in [5.41, 5.74) is 0.659. The molecule has 0 spiro atoms. The molecule has 0 fully saturated rings. The van der Waals surface area contributed by atoms with Crippen LogP contribution in [0.4, 0.5) is 5.82 Å². The molecular weight excluding hydrogens is 218 g/mol. The van der Waals surface area contributed by atoms with E-state index in [1.54, 1.807) is 0 Å². The molecule has 0 atom stereocenters. The van der Waals surface area contributed by atoms with Crippen LogP contribution in [0.15, 0.2) is 12.1 Å². The van der Waals surface area contributed by atoms with Crippen LogP contribution in [0.5, 0.6) is 0 Å². The van der Waals surface area contributed by atoms with Crippen molar-refractivity contribution in [2.24, 2.45) is 0 Å². The van der Waals surface area contributed by atoms with Crippen molar-refractivity contribution in [2.45, 2.75) is 13.3 Å². The number of hydrogen-bond acceptors (Lipinski definition) is 6. The molecule has 0 amide bonds. The number of hydrogen-bond donors (Lipinski definition) is 1. The molecule has 7 nitrogen and oxygen atoms in total. The molecule has 7 heteroatoms. The molecule has 2 heterocycles. The quantitative estimate of drug-likeness (QED) is 0.708. The van der Waals surface area contributed by atoms with Crippen LogP contribution >= 0.6 is 0 Å². The molecule has 92 valence electrons. The standard InChI is InChI=1S/C10H17N7/c1-3-6-11-7-8-16(2)10-5-4-9-12-14-15-17(9)13-10/h4-5,11H,3,6-8H2,1-2H3. The van der Waals surface area contributed by atoms with Crippen LogP contribution in [0.2, 0.25) is 0 Å². The number of fused-ring (bicyclic) bond motifs is 1. The van der Waals surface area contributed by atoms with E-state index in [2.05, 4.69) is 37.8 Å². The molecule has 0 unspecified atom stereocenters. The molecule has 2 aromatic rings. The summed E-state index contributed by atoms with van der Waals surface area (Å²) in [6.45, 7) is 5.05. The van der Waals surface area contributed by atoms with Gasteiger partial charge in [-0.1, -0.05) is 6.92 Å². The molecular formula is C10H17N7. The number of rotatable bonds is 6. The number of aromatic nitrogens is 5. The summed E-state index contributed by atoms with van der Waals surface area (Å²) in [7, 11) is 2.01. The molecule has 0 aliphatic carbocycles. The molecule has 17 heavy (non-hydrogen) atoms. The lowest BCUT2D eigenvalue weighted by Gasteiger charge is -2.17. The van der Waals surface area contributed by atoms with Crippen LogP contribution in [0.1, 0.15) is 13.3 Å². The maximum absolute atomic E-state index is 4.31. The highest BCUT2D eigenvalue weighted by molar-refractivity contribution is 5.43. The monoisotopic (exact) mass is 235 g/mol. The topological polar surface area (TPSA) is 71.2 Å². The van der Waals surface area contributed by atoms with Crippen molar-refractivity contribution in [3.63, 3.8) is 0 Å². The Labute approximate surface area is 99.8 Å². The first-order valence-corrected chi connectivity index (χ1v) is 5.78. The Hall–Kier alpha value is -1.76. The largest absolute Gasteiger partial charge is 0.357 e. The summed E-state index contributed by atoms with van der Waals surface area (Å²) >= 11 is 0. The first-order chi connectivity index (χ1) is 8.31. The third kappa shape index (κ3) is 2.88. The van der Waals surface area contributed by atoms with Crippen molar-refractivity contribution >= 4 is 11.5 Å². The van der Waals surface area contributed by atoms with Crippen LogP contribution < -0.4 is 10.2 Å². The number of anilines is 1. The third-order valence-electron chi connectivity index (χ3n) is 2.50. The number of tetrazole rings is 1. The van der Waals surface area contributed by atoms with Gasteiger partial charge in [0.25, 0.3) is 0 Å². The lowest BCUT2D eigenvalue weighted by molar-refractivity contribution is 0.657. The van der Waals surface area contributed by atoms with Gasteiger partial charge in [-0.15, -0.1) is 14.8 Å². The van der Waals surface area contributed by atoms with Crippen LogP contribution in [0.25, 0.3) is 5.65 Å². The zero-order chi connectivity index (χ0) is 12.1. The third-order valence-corrected chi connectivity index (χ3v) is 2.50. The molecule has 0 bridgehead atoms. The molecule has 0 saturated heterocycles. The fourth-order valence-electron chi connectivity index (χ4n) is 1.51. The molecule has 0 aliphatic rings. The highest BCUT2D eigenvalue weighted by atomic mass is 15.6. The van der Waals surface area contributed by atoms with Crippen molar-refractivity contribution in [3.8, 4) is 0 Å². The fraction of sp³-hybridized carbons (Fsp3) is 0.600. The zero-order valence-corrected chi connectivity index (χ0v) is 10.2. The van der Waals surface area contributed by atoms with E-state index >= 15 is 0 Å². The molecule has 0 radical (unpaired) electrons. The minimum absolute atomic E-state index is 0.659. The van der Waals surface area contributed by atoms with Crippen LogP contribution in [-0.2, 0) is 0 Å². The summed E-state index contributed by atoms with van der Waals surface area (Å²) < 4.78 is 1.44. The lowest BCUT2D eigenvalue weighted by Crippen LogP contribution is -2.30. The predicted octanol–water partition coefficient (Wildman–Crippen LogP) is -0.0449. The zero-order valence-electron chi connectivity index (χ0n) is 10.2. The Kier molecular flexibility index (Phi) is 3.81. The average molecular weight is 235 g/mol. The van der Waals surface area contributed by atoms with Crippen LogP contribution in [0.3, 0.4) is 0 Å². The highest BCUT2D eigenvalue weighted by Crippen LogP contribution is 2.07. The SMILES string of the molecule is CCCNCCN(C)c1ccc2nnnn2n1. The van der Waals surface area contributed by atoms with E-state index in [0.717, 1.165) is 31.9 Å². The van der Waals surface area contributed by atoms with Crippen molar-refractivity contribution in [1.82, 2.24) is 30.6 Å².